The number of rotatable bonds is 8. The molecule has 1 rings (SSSR count). The summed E-state index contributed by atoms with van der Waals surface area (Å²) in [7, 11) is 0. The molecule has 18 heavy (non-hydrogen) atoms. The molecule has 0 saturated heterocycles. The lowest BCUT2D eigenvalue weighted by molar-refractivity contribution is 0.597. The van der Waals surface area contributed by atoms with E-state index in [-0.39, 0.29) is 0 Å². The van der Waals surface area contributed by atoms with Crippen molar-refractivity contribution in [1.82, 2.24) is 5.32 Å². The number of nitrogens with one attached hydrogen (secondary N) is 1. The van der Waals surface area contributed by atoms with Gasteiger partial charge in [0.15, 0.2) is 0 Å². The first kappa shape index (κ1) is 14.5. The van der Waals surface area contributed by atoms with E-state index in [1.165, 1.54) is 11.3 Å². The Morgan fingerprint density at radius 2 is 1.83 bits per heavy atom. The average molecular weight is 244 g/mol. The van der Waals surface area contributed by atoms with E-state index in [1.807, 2.05) is 12.2 Å². The predicted octanol–water partition coefficient (Wildman–Crippen LogP) is 3.54. The molecule has 0 aliphatic carbocycles. The zero-order valence-electron chi connectivity index (χ0n) is 11.5. The number of hydrogen-bond donors (Lipinski definition) is 1. The van der Waals surface area contributed by atoms with Crippen LogP contribution in [0.4, 0.5) is 5.69 Å². The van der Waals surface area contributed by atoms with Crippen LogP contribution in [-0.4, -0.2) is 19.6 Å². The van der Waals surface area contributed by atoms with Crippen LogP contribution < -0.4 is 10.2 Å². The quantitative estimate of drug-likeness (QED) is 0.704. The van der Waals surface area contributed by atoms with Crippen LogP contribution in [0.1, 0.15) is 25.5 Å². The summed E-state index contributed by atoms with van der Waals surface area (Å²) in [6, 6.07) is 8.87. The summed E-state index contributed by atoms with van der Waals surface area (Å²) in [6.45, 7) is 14.6. The molecule has 98 valence electrons. The molecule has 0 saturated carbocycles. The van der Waals surface area contributed by atoms with Crippen LogP contribution in [0.5, 0.6) is 0 Å². The van der Waals surface area contributed by atoms with Crippen molar-refractivity contribution in [3.63, 3.8) is 0 Å². The van der Waals surface area contributed by atoms with Gasteiger partial charge in [0, 0.05) is 24.8 Å². The van der Waals surface area contributed by atoms with E-state index in [4.69, 9.17) is 0 Å². The maximum absolute atomic E-state index is 3.83. The molecule has 1 unspecified atom stereocenters. The van der Waals surface area contributed by atoms with E-state index in [1.54, 1.807) is 0 Å². The van der Waals surface area contributed by atoms with Crippen molar-refractivity contribution in [3.05, 3.63) is 55.1 Å². The number of anilines is 1. The van der Waals surface area contributed by atoms with Crippen molar-refractivity contribution in [3.8, 4) is 0 Å². The number of hydrogen-bond acceptors (Lipinski definition) is 2. The van der Waals surface area contributed by atoms with E-state index in [9.17, 15) is 0 Å². The highest BCUT2D eigenvalue weighted by atomic mass is 15.1. The van der Waals surface area contributed by atoms with Crippen LogP contribution in [0.15, 0.2) is 49.6 Å². The Bertz CT molecular complexity index is 374. The number of nitrogens with zero attached hydrogens (tertiary/aromatic N) is 1. The Kier molecular flexibility index (Phi) is 6.23. The largest absolute Gasteiger partial charge is 0.364 e. The van der Waals surface area contributed by atoms with Gasteiger partial charge < -0.3 is 10.2 Å². The molecule has 0 spiro atoms. The minimum atomic E-state index is 0.350. The molecule has 0 bridgehead atoms. The molecule has 0 fully saturated rings. The summed E-state index contributed by atoms with van der Waals surface area (Å²) in [5.41, 5.74) is 2.58. The van der Waals surface area contributed by atoms with Crippen LogP contribution in [0, 0.1) is 0 Å². The molecule has 1 aromatic carbocycles. The maximum Gasteiger partial charge on any atom is 0.0420 e. The second-order valence-corrected chi connectivity index (χ2v) is 4.32. The maximum atomic E-state index is 3.83. The van der Waals surface area contributed by atoms with Crippen molar-refractivity contribution >= 4 is 5.69 Å². The fraction of sp³-hybridized carbons (Fsp3) is 0.375. The fourth-order valence-electron chi connectivity index (χ4n) is 2.14. The second kappa shape index (κ2) is 7.72. The topological polar surface area (TPSA) is 15.3 Å². The molecule has 0 amide bonds. The van der Waals surface area contributed by atoms with Crippen LogP contribution in [-0.2, 0) is 0 Å². The molecule has 0 heterocycles. The van der Waals surface area contributed by atoms with Gasteiger partial charge in [0.05, 0.1) is 0 Å². The number of benzene rings is 1. The average Bonchev–Trinajstić information content (AvgIpc) is 2.39. The summed E-state index contributed by atoms with van der Waals surface area (Å²) in [5.74, 6) is 0. The lowest BCUT2D eigenvalue weighted by Crippen LogP contribution is -2.27. The highest BCUT2D eigenvalue weighted by Crippen LogP contribution is 2.26. The van der Waals surface area contributed by atoms with E-state index >= 15 is 0 Å². The van der Waals surface area contributed by atoms with Crippen molar-refractivity contribution in [2.24, 2.45) is 0 Å². The molecular weight excluding hydrogens is 220 g/mol. The van der Waals surface area contributed by atoms with Gasteiger partial charge >= 0.3 is 0 Å². The summed E-state index contributed by atoms with van der Waals surface area (Å²) < 4.78 is 0. The summed E-state index contributed by atoms with van der Waals surface area (Å²) >= 11 is 0. The molecule has 0 aromatic heterocycles. The lowest BCUT2D eigenvalue weighted by Gasteiger charge is -2.27. The van der Waals surface area contributed by atoms with E-state index < -0.39 is 0 Å². The van der Waals surface area contributed by atoms with Gasteiger partial charge in [0.25, 0.3) is 0 Å². The van der Waals surface area contributed by atoms with Crippen LogP contribution in [0.2, 0.25) is 0 Å². The van der Waals surface area contributed by atoms with Gasteiger partial charge in [-0.25, -0.2) is 0 Å². The smallest absolute Gasteiger partial charge is 0.0420 e. The predicted molar refractivity (Wildman–Crippen MR) is 81.1 cm³/mol. The van der Waals surface area contributed by atoms with Gasteiger partial charge in [-0.1, -0.05) is 37.3 Å². The molecule has 2 heteroatoms. The lowest BCUT2D eigenvalue weighted by atomic mass is 10.0. The minimum Gasteiger partial charge on any atom is -0.364 e. The van der Waals surface area contributed by atoms with Gasteiger partial charge in [0.2, 0.25) is 0 Å². The van der Waals surface area contributed by atoms with Gasteiger partial charge in [-0.2, -0.15) is 0 Å². The third-order valence-electron chi connectivity index (χ3n) is 2.95. The van der Waals surface area contributed by atoms with Crippen molar-refractivity contribution in [2.75, 3.05) is 24.5 Å². The van der Waals surface area contributed by atoms with Crippen LogP contribution in [0.3, 0.4) is 0 Å². The Morgan fingerprint density at radius 1 is 1.22 bits per heavy atom. The van der Waals surface area contributed by atoms with Crippen molar-refractivity contribution < 1.29 is 0 Å². The normalized spacial score (nSPS) is 11.9. The third-order valence-corrected chi connectivity index (χ3v) is 2.95. The monoisotopic (exact) mass is 244 g/mol. The van der Waals surface area contributed by atoms with E-state index in [0.717, 1.165) is 19.6 Å². The standard InChI is InChI=1S/C16H24N2/c1-5-12-18(13-6-2)16-11-9-8-10-15(16)14(4)17-7-3/h5-6,8-11,14,17H,1-2,7,12-13H2,3-4H3. The fourth-order valence-corrected chi connectivity index (χ4v) is 2.14. The Labute approximate surface area is 111 Å². The Morgan fingerprint density at radius 3 is 2.39 bits per heavy atom. The molecule has 2 nitrogen and oxygen atoms in total. The Balaban J connectivity index is 3.04. The second-order valence-electron chi connectivity index (χ2n) is 4.32. The molecule has 1 atom stereocenters. The zero-order valence-corrected chi connectivity index (χ0v) is 11.5. The molecular formula is C16H24N2. The zero-order chi connectivity index (χ0) is 13.4. The molecule has 0 radical (unpaired) electrons. The van der Waals surface area contributed by atoms with Gasteiger partial charge in [-0.05, 0) is 25.1 Å². The van der Waals surface area contributed by atoms with E-state index in [0.29, 0.717) is 6.04 Å². The highest BCUT2D eigenvalue weighted by molar-refractivity contribution is 5.55. The van der Waals surface area contributed by atoms with Gasteiger partial charge in [0.1, 0.15) is 0 Å². The first-order chi connectivity index (χ1) is 8.74. The molecule has 1 aromatic rings. The SMILES string of the molecule is C=CCN(CC=C)c1ccccc1C(C)NCC. The Hall–Kier alpha value is -1.54. The van der Waals surface area contributed by atoms with Crippen LogP contribution in [0.25, 0.3) is 0 Å². The van der Waals surface area contributed by atoms with Crippen LogP contribution >= 0.6 is 0 Å². The molecule has 1 N–H and O–H groups in total. The summed E-state index contributed by atoms with van der Waals surface area (Å²) in [6.07, 6.45) is 3.86. The van der Waals surface area contributed by atoms with Crippen molar-refractivity contribution in [2.45, 2.75) is 19.9 Å². The first-order valence-corrected chi connectivity index (χ1v) is 6.53. The minimum absolute atomic E-state index is 0.350. The number of para-hydroxylation sites is 1. The van der Waals surface area contributed by atoms with Crippen molar-refractivity contribution in [1.29, 1.82) is 0 Å². The molecule has 0 aliphatic rings. The third kappa shape index (κ3) is 3.74. The summed E-state index contributed by atoms with van der Waals surface area (Å²) in [5, 5.41) is 3.46. The molecule has 0 aliphatic heterocycles. The van der Waals surface area contributed by atoms with Gasteiger partial charge in [-0.3, -0.25) is 0 Å². The highest BCUT2D eigenvalue weighted by Gasteiger charge is 2.12. The first-order valence-electron chi connectivity index (χ1n) is 6.53. The van der Waals surface area contributed by atoms with Gasteiger partial charge in [-0.15, -0.1) is 13.2 Å². The summed E-state index contributed by atoms with van der Waals surface area (Å²) in [4.78, 5) is 2.28. The van der Waals surface area contributed by atoms with E-state index in [2.05, 4.69) is 61.5 Å².